The molecule has 0 aliphatic heterocycles. The standard InChI is InChI=1S/C19H21ClN2O2/c1-12-5-7-17(10-13(12)2)22(15(4)23)11-19(24)21-18-8-6-16(20)9-14(18)3/h5-10H,11H2,1-4H3,(H,21,24). The molecule has 0 aromatic heterocycles. The highest BCUT2D eigenvalue weighted by Gasteiger charge is 2.17. The van der Waals surface area contributed by atoms with E-state index in [1.807, 2.05) is 39.0 Å². The van der Waals surface area contributed by atoms with Crippen LogP contribution in [0.1, 0.15) is 23.6 Å². The first-order valence-electron chi connectivity index (χ1n) is 7.69. The molecule has 0 unspecified atom stereocenters. The van der Waals surface area contributed by atoms with Crippen molar-refractivity contribution < 1.29 is 9.59 Å². The SMILES string of the molecule is CC(=O)N(CC(=O)Nc1ccc(Cl)cc1C)c1ccc(C)c(C)c1. The van der Waals surface area contributed by atoms with Gasteiger partial charge in [0, 0.05) is 23.3 Å². The Bertz CT molecular complexity index is 787. The van der Waals surface area contributed by atoms with E-state index < -0.39 is 0 Å². The fraction of sp³-hybridized carbons (Fsp3) is 0.263. The Morgan fingerprint density at radius 1 is 1.00 bits per heavy atom. The number of nitrogens with zero attached hydrogens (tertiary/aromatic N) is 1. The zero-order valence-electron chi connectivity index (χ0n) is 14.3. The molecule has 5 heteroatoms. The predicted octanol–water partition coefficient (Wildman–Crippen LogP) is 4.26. The van der Waals surface area contributed by atoms with Gasteiger partial charge in [-0.05, 0) is 67.8 Å². The normalized spacial score (nSPS) is 10.4. The maximum atomic E-state index is 12.4. The molecule has 2 amide bonds. The second kappa shape index (κ2) is 7.49. The van der Waals surface area contributed by atoms with Crippen molar-refractivity contribution >= 4 is 34.8 Å². The Kier molecular flexibility index (Phi) is 5.62. The minimum atomic E-state index is -0.256. The number of nitrogens with one attached hydrogen (secondary N) is 1. The largest absolute Gasteiger partial charge is 0.324 e. The maximum Gasteiger partial charge on any atom is 0.244 e. The monoisotopic (exact) mass is 344 g/mol. The highest BCUT2D eigenvalue weighted by Crippen LogP contribution is 2.21. The molecule has 0 radical (unpaired) electrons. The number of hydrogen-bond acceptors (Lipinski definition) is 2. The lowest BCUT2D eigenvalue weighted by Gasteiger charge is -2.22. The van der Waals surface area contributed by atoms with E-state index in [-0.39, 0.29) is 18.4 Å². The molecule has 126 valence electrons. The summed E-state index contributed by atoms with van der Waals surface area (Å²) in [4.78, 5) is 25.8. The molecule has 0 spiro atoms. The highest BCUT2D eigenvalue weighted by molar-refractivity contribution is 6.30. The summed E-state index contributed by atoms with van der Waals surface area (Å²) >= 11 is 5.92. The molecular formula is C19H21ClN2O2. The molecule has 0 heterocycles. The van der Waals surface area contributed by atoms with Gasteiger partial charge in [0.25, 0.3) is 0 Å². The van der Waals surface area contributed by atoms with Gasteiger partial charge in [-0.2, -0.15) is 0 Å². The molecule has 2 aromatic carbocycles. The average Bonchev–Trinajstić information content (AvgIpc) is 2.50. The van der Waals surface area contributed by atoms with E-state index in [1.165, 1.54) is 11.8 Å². The molecule has 24 heavy (non-hydrogen) atoms. The van der Waals surface area contributed by atoms with Crippen LogP contribution in [0.15, 0.2) is 36.4 Å². The third kappa shape index (κ3) is 4.36. The van der Waals surface area contributed by atoms with Crippen molar-refractivity contribution in [1.82, 2.24) is 0 Å². The number of carbonyl (C=O) groups excluding carboxylic acids is 2. The molecule has 0 saturated heterocycles. The summed E-state index contributed by atoms with van der Waals surface area (Å²) in [5.41, 5.74) is 4.49. The lowest BCUT2D eigenvalue weighted by molar-refractivity contribution is -0.120. The Morgan fingerprint density at radius 3 is 2.29 bits per heavy atom. The summed E-state index contributed by atoms with van der Waals surface area (Å²) < 4.78 is 0. The number of aryl methyl sites for hydroxylation is 3. The van der Waals surface area contributed by atoms with Crippen LogP contribution in [0.4, 0.5) is 11.4 Å². The fourth-order valence-corrected chi connectivity index (χ4v) is 2.61. The average molecular weight is 345 g/mol. The predicted molar refractivity (Wildman–Crippen MR) is 98.8 cm³/mol. The van der Waals surface area contributed by atoms with Crippen molar-refractivity contribution in [3.8, 4) is 0 Å². The van der Waals surface area contributed by atoms with Crippen LogP contribution in [0.3, 0.4) is 0 Å². The minimum Gasteiger partial charge on any atom is -0.324 e. The third-order valence-corrected chi connectivity index (χ3v) is 4.18. The van der Waals surface area contributed by atoms with Crippen molar-refractivity contribution in [2.24, 2.45) is 0 Å². The van der Waals surface area contributed by atoms with Crippen molar-refractivity contribution in [3.63, 3.8) is 0 Å². The number of carbonyl (C=O) groups is 2. The number of hydrogen-bond donors (Lipinski definition) is 1. The van der Waals surface area contributed by atoms with Gasteiger partial charge in [-0.15, -0.1) is 0 Å². The lowest BCUT2D eigenvalue weighted by atomic mass is 10.1. The molecule has 0 bridgehead atoms. The molecule has 0 fully saturated rings. The number of benzene rings is 2. The zero-order chi connectivity index (χ0) is 17.9. The van der Waals surface area contributed by atoms with Gasteiger partial charge < -0.3 is 10.2 Å². The van der Waals surface area contributed by atoms with Crippen LogP contribution in [0, 0.1) is 20.8 Å². The summed E-state index contributed by atoms with van der Waals surface area (Å²) in [6, 6.07) is 11.0. The fourth-order valence-electron chi connectivity index (χ4n) is 2.38. The number of anilines is 2. The molecule has 2 rings (SSSR count). The van der Waals surface area contributed by atoms with Crippen LogP contribution in [-0.4, -0.2) is 18.4 Å². The smallest absolute Gasteiger partial charge is 0.244 e. The van der Waals surface area contributed by atoms with E-state index in [4.69, 9.17) is 11.6 Å². The first kappa shape index (κ1) is 18.0. The second-order valence-electron chi connectivity index (χ2n) is 5.88. The van der Waals surface area contributed by atoms with Gasteiger partial charge >= 0.3 is 0 Å². The van der Waals surface area contributed by atoms with E-state index in [2.05, 4.69) is 5.32 Å². The molecule has 2 aromatic rings. The van der Waals surface area contributed by atoms with Gasteiger partial charge in [0.15, 0.2) is 0 Å². The molecule has 0 aliphatic carbocycles. The van der Waals surface area contributed by atoms with Crippen molar-refractivity contribution in [2.75, 3.05) is 16.8 Å². The van der Waals surface area contributed by atoms with Crippen LogP contribution in [-0.2, 0) is 9.59 Å². The molecule has 0 atom stereocenters. The van der Waals surface area contributed by atoms with E-state index >= 15 is 0 Å². The Morgan fingerprint density at radius 2 is 1.71 bits per heavy atom. The van der Waals surface area contributed by atoms with Crippen molar-refractivity contribution in [3.05, 3.63) is 58.1 Å². The molecule has 1 N–H and O–H groups in total. The second-order valence-corrected chi connectivity index (χ2v) is 6.32. The first-order valence-corrected chi connectivity index (χ1v) is 8.07. The van der Waals surface area contributed by atoms with Gasteiger partial charge in [-0.25, -0.2) is 0 Å². The number of halogens is 1. The summed E-state index contributed by atoms with van der Waals surface area (Å²) in [5, 5.41) is 3.44. The molecule has 0 aliphatic rings. The molecule has 4 nitrogen and oxygen atoms in total. The number of rotatable bonds is 4. The van der Waals surface area contributed by atoms with Gasteiger partial charge in [-0.1, -0.05) is 17.7 Å². The van der Waals surface area contributed by atoms with Gasteiger partial charge in [-0.3, -0.25) is 9.59 Å². The maximum absolute atomic E-state index is 12.4. The van der Waals surface area contributed by atoms with Crippen LogP contribution < -0.4 is 10.2 Å². The number of amides is 2. The molecular weight excluding hydrogens is 324 g/mol. The summed E-state index contributed by atoms with van der Waals surface area (Å²) in [6.45, 7) is 7.27. The van der Waals surface area contributed by atoms with Crippen LogP contribution >= 0.6 is 11.6 Å². The van der Waals surface area contributed by atoms with E-state index in [9.17, 15) is 9.59 Å². The summed E-state index contributed by atoms with van der Waals surface area (Å²) in [5.74, 6) is -0.435. The van der Waals surface area contributed by atoms with Gasteiger partial charge in [0.2, 0.25) is 11.8 Å². The Labute approximate surface area is 147 Å². The highest BCUT2D eigenvalue weighted by atomic mass is 35.5. The first-order chi connectivity index (χ1) is 11.3. The topological polar surface area (TPSA) is 49.4 Å². The van der Waals surface area contributed by atoms with E-state index in [0.29, 0.717) is 16.4 Å². The minimum absolute atomic E-state index is 0.0418. The van der Waals surface area contributed by atoms with Crippen molar-refractivity contribution in [1.29, 1.82) is 0 Å². The van der Waals surface area contributed by atoms with Crippen LogP contribution in [0.5, 0.6) is 0 Å². The van der Waals surface area contributed by atoms with Crippen LogP contribution in [0.25, 0.3) is 0 Å². The van der Waals surface area contributed by atoms with Crippen LogP contribution in [0.2, 0.25) is 5.02 Å². The van der Waals surface area contributed by atoms with E-state index in [0.717, 1.165) is 16.7 Å². The zero-order valence-corrected chi connectivity index (χ0v) is 15.1. The van der Waals surface area contributed by atoms with Crippen molar-refractivity contribution in [2.45, 2.75) is 27.7 Å². The Balaban J connectivity index is 2.16. The Hall–Kier alpha value is -2.33. The molecule has 0 saturated carbocycles. The van der Waals surface area contributed by atoms with Gasteiger partial charge in [0.1, 0.15) is 6.54 Å². The van der Waals surface area contributed by atoms with E-state index in [1.54, 1.807) is 18.2 Å². The quantitative estimate of drug-likeness (QED) is 0.901. The lowest BCUT2D eigenvalue weighted by Crippen LogP contribution is -2.36. The summed E-state index contributed by atoms with van der Waals surface area (Å²) in [7, 11) is 0. The summed E-state index contributed by atoms with van der Waals surface area (Å²) in [6.07, 6.45) is 0. The van der Waals surface area contributed by atoms with Gasteiger partial charge in [0.05, 0.1) is 0 Å². The third-order valence-electron chi connectivity index (χ3n) is 3.95.